The van der Waals surface area contributed by atoms with Crippen molar-refractivity contribution in [2.75, 3.05) is 26.2 Å². The maximum Gasteiger partial charge on any atom is 0.222 e. The summed E-state index contributed by atoms with van der Waals surface area (Å²) < 4.78 is 13.4. The standard InChI is InChI=1S/C19H28FN5O/c1-4-21-19(24-10-9-22-18(26)13(2)3)23-8-7-14-12-25-17-6-5-15(20)11-16(14)17/h5-6,11-13,25H,4,7-10H2,1-3H3,(H,22,26)(H2,21,23,24). The van der Waals surface area contributed by atoms with E-state index >= 15 is 0 Å². The number of carbonyl (C=O) groups excluding carboxylic acids is 1. The van der Waals surface area contributed by atoms with Gasteiger partial charge in [0.25, 0.3) is 0 Å². The molecule has 2 rings (SSSR count). The molecule has 4 N–H and O–H groups in total. The van der Waals surface area contributed by atoms with E-state index in [1.165, 1.54) is 6.07 Å². The minimum absolute atomic E-state index is 0.0158. The minimum atomic E-state index is -0.236. The van der Waals surface area contributed by atoms with E-state index in [2.05, 4.69) is 25.9 Å². The van der Waals surface area contributed by atoms with E-state index < -0.39 is 0 Å². The van der Waals surface area contributed by atoms with Crippen molar-refractivity contribution in [3.05, 3.63) is 35.8 Å². The number of rotatable bonds is 8. The van der Waals surface area contributed by atoms with Gasteiger partial charge in [0, 0.05) is 49.2 Å². The van der Waals surface area contributed by atoms with E-state index in [0.29, 0.717) is 32.0 Å². The Morgan fingerprint density at radius 2 is 2.00 bits per heavy atom. The molecule has 0 spiro atoms. The third-order valence-corrected chi connectivity index (χ3v) is 3.97. The second-order valence-electron chi connectivity index (χ2n) is 6.39. The van der Waals surface area contributed by atoms with Crippen molar-refractivity contribution in [3.63, 3.8) is 0 Å². The Morgan fingerprint density at radius 1 is 1.23 bits per heavy atom. The fourth-order valence-corrected chi connectivity index (χ4v) is 2.56. The first-order valence-electron chi connectivity index (χ1n) is 9.06. The topological polar surface area (TPSA) is 81.3 Å². The first kappa shape index (κ1) is 19.8. The summed E-state index contributed by atoms with van der Waals surface area (Å²) in [5.74, 6) is 0.496. The number of fused-ring (bicyclic) bond motifs is 1. The number of guanidine groups is 1. The Bertz CT molecular complexity index is 753. The number of nitrogens with zero attached hydrogens (tertiary/aromatic N) is 1. The van der Waals surface area contributed by atoms with Crippen LogP contribution in [-0.4, -0.2) is 43.0 Å². The lowest BCUT2D eigenvalue weighted by atomic mass is 10.1. The summed E-state index contributed by atoms with van der Waals surface area (Å²) >= 11 is 0. The summed E-state index contributed by atoms with van der Waals surface area (Å²) in [5, 5.41) is 10.1. The summed E-state index contributed by atoms with van der Waals surface area (Å²) in [6, 6.07) is 4.74. The van der Waals surface area contributed by atoms with Crippen LogP contribution in [0.3, 0.4) is 0 Å². The molecule has 1 heterocycles. The summed E-state index contributed by atoms with van der Waals surface area (Å²) in [6.07, 6.45) is 2.62. The van der Waals surface area contributed by atoms with Crippen LogP contribution >= 0.6 is 0 Å². The Balaban J connectivity index is 1.85. The van der Waals surface area contributed by atoms with Gasteiger partial charge in [-0.25, -0.2) is 4.39 Å². The number of hydrogen-bond donors (Lipinski definition) is 4. The molecule has 0 bridgehead atoms. The fourth-order valence-electron chi connectivity index (χ4n) is 2.56. The fraction of sp³-hybridized carbons (Fsp3) is 0.474. The lowest BCUT2D eigenvalue weighted by Gasteiger charge is -2.12. The van der Waals surface area contributed by atoms with Gasteiger partial charge in [0.2, 0.25) is 5.91 Å². The molecule has 0 saturated carbocycles. The van der Waals surface area contributed by atoms with Crippen molar-refractivity contribution >= 4 is 22.8 Å². The highest BCUT2D eigenvalue weighted by molar-refractivity contribution is 5.83. The molecule has 1 aromatic heterocycles. The van der Waals surface area contributed by atoms with Crippen molar-refractivity contribution in [2.45, 2.75) is 27.2 Å². The van der Waals surface area contributed by atoms with Crippen LogP contribution in [0.5, 0.6) is 0 Å². The van der Waals surface area contributed by atoms with Crippen LogP contribution in [-0.2, 0) is 11.2 Å². The van der Waals surface area contributed by atoms with Crippen LogP contribution in [0.15, 0.2) is 29.4 Å². The summed E-state index contributed by atoms with van der Waals surface area (Å²) in [7, 11) is 0. The van der Waals surface area contributed by atoms with Crippen LogP contribution in [0.4, 0.5) is 4.39 Å². The van der Waals surface area contributed by atoms with Gasteiger partial charge in [0.05, 0.1) is 0 Å². The van der Waals surface area contributed by atoms with E-state index in [9.17, 15) is 9.18 Å². The summed E-state index contributed by atoms with van der Waals surface area (Å²) in [4.78, 5) is 19.2. The number of H-pyrrole nitrogens is 1. The van der Waals surface area contributed by atoms with Gasteiger partial charge in [-0.1, -0.05) is 13.8 Å². The van der Waals surface area contributed by atoms with Crippen LogP contribution in [0.25, 0.3) is 10.9 Å². The van der Waals surface area contributed by atoms with E-state index in [4.69, 9.17) is 0 Å². The second-order valence-corrected chi connectivity index (χ2v) is 6.39. The Labute approximate surface area is 153 Å². The molecule has 0 radical (unpaired) electrons. The van der Waals surface area contributed by atoms with Gasteiger partial charge in [-0.2, -0.15) is 0 Å². The first-order chi connectivity index (χ1) is 12.5. The maximum atomic E-state index is 13.4. The average molecular weight is 361 g/mol. The van der Waals surface area contributed by atoms with Crippen molar-refractivity contribution in [1.82, 2.24) is 20.9 Å². The molecule has 26 heavy (non-hydrogen) atoms. The highest BCUT2D eigenvalue weighted by Gasteiger charge is 2.06. The number of carbonyl (C=O) groups is 1. The van der Waals surface area contributed by atoms with E-state index in [1.54, 1.807) is 12.1 Å². The van der Waals surface area contributed by atoms with E-state index in [-0.39, 0.29) is 17.6 Å². The Hall–Kier alpha value is -2.57. The SMILES string of the molecule is CCNC(=NCCc1c[nH]c2ccc(F)cc12)NCCNC(=O)C(C)C. The van der Waals surface area contributed by atoms with Crippen molar-refractivity contribution in [1.29, 1.82) is 0 Å². The van der Waals surface area contributed by atoms with Gasteiger partial charge in [0.1, 0.15) is 5.82 Å². The molecule has 1 aromatic carbocycles. The number of aromatic amines is 1. The first-order valence-corrected chi connectivity index (χ1v) is 9.06. The quantitative estimate of drug-likeness (QED) is 0.330. The van der Waals surface area contributed by atoms with Gasteiger partial charge in [-0.3, -0.25) is 9.79 Å². The number of nitrogens with one attached hydrogen (secondary N) is 4. The van der Waals surface area contributed by atoms with E-state index in [0.717, 1.165) is 23.0 Å². The smallest absolute Gasteiger partial charge is 0.222 e. The Morgan fingerprint density at radius 3 is 2.73 bits per heavy atom. The van der Waals surface area contributed by atoms with E-state index in [1.807, 2.05) is 27.0 Å². The summed E-state index contributed by atoms with van der Waals surface area (Å²) in [5.41, 5.74) is 1.97. The van der Waals surface area contributed by atoms with Crippen molar-refractivity contribution in [2.24, 2.45) is 10.9 Å². The monoisotopic (exact) mass is 361 g/mol. The number of aromatic nitrogens is 1. The second kappa shape index (κ2) is 9.79. The zero-order valence-electron chi connectivity index (χ0n) is 15.7. The predicted molar refractivity (Wildman–Crippen MR) is 104 cm³/mol. The molecule has 0 unspecified atom stereocenters. The van der Waals surface area contributed by atoms with Gasteiger partial charge in [0.15, 0.2) is 5.96 Å². The highest BCUT2D eigenvalue weighted by Crippen LogP contribution is 2.19. The molecular weight excluding hydrogens is 333 g/mol. The average Bonchev–Trinajstić information content (AvgIpc) is 3.00. The third kappa shape index (κ3) is 5.75. The van der Waals surface area contributed by atoms with Crippen molar-refractivity contribution < 1.29 is 9.18 Å². The zero-order chi connectivity index (χ0) is 18.9. The van der Waals surface area contributed by atoms with Crippen LogP contribution < -0.4 is 16.0 Å². The van der Waals surface area contributed by atoms with Crippen LogP contribution in [0.2, 0.25) is 0 Å². The molecular formula is C19H28FN5O. The molecule has 2 aromatic rings. The number of halogens is 1. The number of aliphatic imine (C=N–C) groups is 1. The molecule has 0 aliphatic rings. The molecule has 7 heteroatoms. The normalized spacial score (nSPS) is 11.8. The highest BCUT2D eigenvalue weighted by atomic mass is 19.1. The number of amides is 1. The predicted octanol–water partition coefficient (Wildman–Crippen LogP) is 2.18. The van der Waals surface area contributed by atoms with Gasteiger partial charge < -0.3 is 20.9 Å². The molecule has 142 valence electrons. The third-order valence-electron chi connectivity index (χ3n) is 3.97. The lowest BCUT2D eigenvalue weighted by molar-refractivity contribution is -0.123. The molecule has 0 atom stereocenters. The molecule has 0 aliphatic heterocycles. The zero-order valence-corrected chi connectivity index (χ0v) is 15.7. The minimum Gasteiger partial charge on any atom is -0.361 e. The molecule has 1 amide bonds. The molecule has 0 aliphatic carbocycles. The lowest BCUT2D eigenvalue weighted by Crippen LogP contribution is -2.42. The largest absolute Gasteiger partial charge is 0.361 e. The molecule has 6 nitrogen and oxygen atoms in total. The van der Waals surface area contributed by atoms with Gasteiger partial charge in [-0.15, -0.1) is 0 Å². The molecule has 0 fully saturated rings. The van der Waals surface area contributed by atoms with Gasteiger partial charge in [-0.05, 0) is 37.1 Å². The van der Waals surface area contributed by atoms with Crippen LogP contribution in [0.1, 0.15) is 26.3 Å². The number of benzene rings is 1. The van der Waals surface area contributed by atoms with Crippen molar-refractivity contribution in [3.8, 4) is 0 Å². The maximum absolute atomic E-state index is 13.4. The molecule has 0 saturated heterocycles. The Kier molecular flexibility index (Phi) is 7.44. The van der Waals surface area contributed by atoms with Crippen LogP contribution in [0, 0.1) is 11.7 Å². The summed E-state index contributed by atoms with van der Waals surface area (Å²) in [6.45, 7) is 8.21. The number of hydrogen-bond acceptors (Lipinski definition) is 2. The van der Waals surface area contributed by atoms with Gasteiger partial charge >= 0.3 is 0 Å².